The maximum atomic E-state index is 12.7. The van der Waals surface area contributed by atoms with Gasteiger partial charge < -0.3 is 39.0 Å². The molecule has 0 spiro atoms. The number of phenols is 1. The van der Waals surface area contributed by atoms with E-state index in [0.717, 1.165) is 71.3 Å². The fourth-order valence-corrected chi connectivity index (χ4v) is 8.58. The van der Waals surface area contributed by atoms with Gasteiger partial charge in [-0.3, -0.25) is 8.98 Å². The number of unbranched alkanes of at least 4 members (excludes halogenated alkanes) is 2. The van der Waals surface area contributed by atoms with Gasteiger partial charge in [0.1, 0.15) is 5.75 Å². The summed E-state index contributed by atoms with van der Waals surface area (Å²) in [6.45, 7) is 22.0. The van der Waals surface area contributed by atoms with Gasteiger partial charge in [0.25, 0.3) is 10.1 Å². The van der Waals surface area contributed by atoms with E-state index in [2.05, 4.69) is 89.5 Å². The number of allylic oxidation sites excluding steroid dienone is 7. The van der Waals surface area contributed by atoms with Crippen LogP contribution in [-0.4, -0.2) is 104 Å². The molecule has 13 heteroatoms. The van der Waals surface area contributed by atoms with Crippen molar-refractivity contribution in [3.63, 3.8) is 0 Å². The van der Waals surface area contributed by atoms with Crippen molar-refractivity contribution < 1.29 is 46.6 Å². The van der Waals surface area contributed by atoms with Crippen LogP contribution in [0.15, 0.2) is 71.3 Å². The Morgan fingerprint density at radius 3 is 2.13 bits per heavy atom. The molecule has 12 nitrogen and oxygen atoms in total. The van der Waals surface area contributed by atoms with Crippen molar-refractivity contribution in [1.82, 2.24) is 0 Å². The summed E-state index contributed by atoms with van der Waals surface area (Å²) < 4.78 is 52.4. The molecule has 61 heavy (non-hydrogen) atoms. The number of benzene rings is 2. The molecule has 0 bridgehead atoms. The van der Waals surface area contributed by atoms with E-state index in [1.807, 2.05) is 24.3 Å². The molecule has 0 atom stereocenters. The van der Waals surface area contributed by atoms with Gasteiger partial charge in [-0.15, -0.1) is 0 Å². The third-order valence-electron chi connectivity index (χ3n) is 11.1. The number of hydrogen-bond acceptors (Lipinski definition) is 11. The Morgan fingerprint density at radius 1 is 0.852 bits per heavy atom. The number of carboxylic acids is 1. The lowest BCUT2D eigenvalue weighted by Gasteiger charge is -2.43. The van der Waals surface area contributed by atoms with Crippen molar-refractivity contribution in [3.05, 3.63) is 83.1 Å². The topological polar surface area (TPSA) is 144 Å². The molecular weight excluding hydrogens is 797 g/mol. The molecule has 0 fully saturated rings. The molecule has 0 saturated heterocycles. The van der Waals surface area contributed by atoms with E-state index in [-0.39, 0.29) is 28.0 Å². The molecule has 338 valence electrons. The van der Waals surface area contributed by atoms with Crippen LogP contribution in [0.1, 0.15) is 104 Å². The lowest BCUT2D eigenvalue weighted by molar-refractivity contribution is -0.137. The van der Waals surface area contributed by atoms with Crippen molar-refractivity contribution in [2.24, 2.45) is 5.41 Å². The molecule has 0 aliphatic carbocycles. The van der Waals surface area contributed by atoms with Crippen LogP contribution in [-0.2, 0) is 43.5 Å². The lowest BCUT2D eigenvalue weighted by Crippen LogP contribution is -2.46. The molecule has 2 N–H and O–H groups in total. The minimum absolute atomic E-state index is 0.00627. The zero-order chi connectivity index (χ0) is 45.0. The highest BCUT2D eigenvalue weighted by Crippen LogP contribution is 2.49. The van der Waals surface area contributed by atoms with E-state index < -0.39 is 21.5 Å². The van der Waals surface area contributed by atoms with E-state index in [1.54, 1.807) is 19.2 Å². The fraction of sp³-hybridized carbons (Fsp3) is 0.562. The summed E-state index contributed by atoms with van der Waals surface area (Å²) in [6, 6.07) is 9.06. The zero-order valence-electron chi connectivity index (χ0n) is 38.1. The zero-order valence-corrected chi connectivity index (χ0v) is 39.0. The maximum Gasteiger partial charge on any atom is 0.303 e. The number of ether oxygens (including phenoxy) is 4. The molecule has 2 aliphatic heterocycles. The Bertz CT molecular complexity index is 2040. The maximum absolute atomic E-state index is 12.7. The van der Waals surface area contributed by atoms with Crippen LogP contribution in [0.25, 0.3) is 11.1 Å². The Morgan fingerprint density at radius 2 is 1.51 bits per heavy atom. The van der Waals surface area contributed by atoms with Gasteiger partial charge in [0, 0.05) is 66.3 Å². The van der Waals surface area contributed by atoms with Crippen LogP contribution < -0.4 is 9.80 Å². The minimum atomic E-state index is -3.92. The smallest absolute Gasteiger partial charge is 0.303 e. The van der Waals surface area contributed by atoms with E-state index in [1.165, 1.54) is 0 Å². The molecule has 0 radical (unpaired) electrons. The van der Waals surface area contributed by atoms with E-state index in [0.29, 0.717) is 65.8 Å². The van der Waals surface area contributed by atoms with Crippen molar-refractivity contribution in [2.45, 2.75) is 103 Å². The second kappa shape index (κ2) is 21.9. The van der Waals surface area contributed by atoms with E-state index >= 15 is 0 Å². The van der Waals surface area contributed by atoms with Crippen molar-refractivity contribution >= 4 is 38.6 Å². The van der Waals surface area contributed by atoms with Crippen LogP contribution in [0.3, 0.4) is 0 Å². The molecule has 4 rings (SSSR count). The van der Waals surface area contributed by atoms with Crippen molar-refractivity contribution in [2.75, 3.05) is 83.4 Å². The number of aromatic hydroxyl groups is 1. The van der Waals surface area contributed by atoms with Crippen LogP contribution in [0.2, 0.25) is 0 Å². The van der Waals surface area contributed by atoms with Gasteiger partial charge in [0.15, 0.2) is 0 Å². The molecule has 2 aliphatic rings. The molecule has 2 aromatic rings. The number of fused-ring (bicyclic) bond motifs is 2. The first kappa shape index (κ1) is 49.7. The van der Waals surface area contributed by atoms with Gasteiger partial charge in [-0.2, -0.15) is 8.42 Å². The quantitative estimate of drug-likeness (QED) is 0.0590. The second-order valence-electron chi connectivity index (χ2n) is 18.0. The summed E-state index contributed by atoms with van der Waals surface area (Å²) in [6.07, 6.45) is 13.5. The molecule has 0 saturated carbocycles. The largest absolute Gasteiger partial charge is 0.507 e. The Kier molecular flexibility index (Phi) is 17.8. The van der Waals surface area contributed by atoms with Gasteiger partial charge >= 0.3 is 5.97 Å². The summed E-state index contributed by atoms with van der Waals surface area (Å²) in [5.74, 6) is -0.630. The molecule has 2 heterocycles. The Balaban J connectivity index is 1.63. The van der Waals surface area contributed by atoms with Crippen molar-refractivity contribution in [1.29, 1.82) is 0 Å². The van der Waals surface area contributed by atoms with Crippen LogP contribution >= 0.6 is 0 Å². The number of rotatable bonds is 24. The SMILES string of the molecule is COCCOCCOCCOCCN1c2cc(O)c(C(=C\CC(C)(C)C)/C=C/C=C3\N(CCCCCC(=O)O)c4ccc(S(=O)(=O)OC)cc4C3(C)C)cc2C(C)=CC1(C)C. The first-order valence-corrected chi connectivity index (χ1v) is 22.7. The minimum Gasteiger partial charge on any atom is -0.507 e. The lowest BCUT2D eigenvalue weighted by atomic mass is 9.83. The Labute approximate surface area is 365 Å². The third-order valence-corrected chi connectivity index (χ3v) is 12.4. The first-order chi connectivity index (χ1) is 28.7. The summed E-state index contributed by atoms with van der Waals surface area (Å²) in [5, 5.41) is 21.0. The molecule has 2 aromatic carbocycles. The summed E-state index contributed by atoms with van der Waals surface area (Å²) in [4.78, 5) is 15.7. The van der Waals surface area contributed by atoms with Gasteiger partial charge in [0.2, 0.25) is 0 Å². The number of phenolic OH excluding ortho intramolecular Hbond substituents is 1. The van der Waals surface area contributed by atoms with Gasteiger partial charge in [-0.1, -0.05) is 65.3 Å². The van der Waals surface area contributed by atoms with Gasteiger partial charge in [-0.25, -0.2) is 0 Å². The average Bonchev–Trinajstić information content (AvgIpc) is 3.39. The van der Waals surface area contributed by atoms with Crippen LogP contribution in [0.4, 0.5) is 11.4 Å². The average molecular weight is 867 g/mol. The molecule has 0 aromatic heterocycles. The summed E-state index contributed by atoms with van der Waals surface area (Å²) >= 11 is 0. The highest BCUT2D eigenvalue weighted by Gasteiger charge is 2.40. The number of nitrogens with zero attached hydrogens (tertiary/aromatic N) is 2. The number of aliphatic carboxylic acids is 1. The summed E-state index contributed by atoms with van der Waals surface area (Å²) in [7, 11) is -1.11. The summed E-state index contributed by atoms with van der Waals surface area (Å²) in [5.41, 5.74) is 6.57. The number of hydrogen-bond donors (Lipinski definition) is 2. The predicted molar refractivity (Wildman–Crippen MR) is 244 cm³/mol. The second-order valence-corrected chi connectivity index (χ2v) is 19.7. The van der Waals surface area contributed by atoms with Crippen molar-refractivity contribution in [3.8, 4) is 5.75 Å². The van der Waals surface area contributed by atoms with Crippen LogP contribution in [0, 0.1) is 5.41 Å². The van der Waals surface area contributed by atoms with E-state index in [4.69, 9.17) is 28.2 Å². The normalized spacial score (nSPS) is 17.0. The monoisotopic (exact) mass is 866 g/mol. The fourth-order valence-electron chi connectivity index (χ4n) is 7.89. The van der Waals surface area contributed by atoms with Gasteiger partial charge in [-0.05, 0) is 92.5 Å². The Hall–Kier alpha value is -3.98. The third kappa shape index (κ3) is 13.5. The number of methoxy groups -OCH3 is 1. The van der Waals surface area contributed by atoms with Gasteiger partial charge in [0.05, 0.1) is 63.8 Å². The predicted octanol–water partition coefficient (Wildman–Crippen LogP) is 9.13. The standard InChI is InChI=1S/C48H70N2O10S/c1-35-34-47(5,6)50(23-24-58-27-28-60-30-29-59-26-25-56-9)42-33-43(51)39(32-38(35)42)36(20-21-46(2,3)4)15-14-16-44-48(7,8)40-31-37(61(54,55)57-10)18-19-41(40)49(44)22-13-11-12-17-45(52)53/h14-16,18-20,31-34,51H,11-13,17,21-30H2,1-10H3,(H,52,53)/b15-14+,36-20-,44-16-. The highest BCUT2D eigenvalue weighted by atomic mass is 32.2. The van der Waals surface area contributed by atoms with Crippen LogP contribution in [0.5, 0.6) is 5.75 Å². The first-order valence-electron chi connectivity index (χ1n) is 21.3. The molecule has 0 amide bonds. The highest BCUT2D eigenvalue weighted by molar-refractivity contribution is 7.86. The number of carboxylic acid groups (broad SMARTS) is 1. The molecular formula is C48H70N2O10S. The molecule has 0 unspecified atom stereocenters. The van der Waals surface area contributed by atoms with E-state index in [9.17, 15) is 18.3 Å². The number of anilines is 2. The number of carbonyl (C=O) groups is 1.